The van der Waals surface area contributed by atoms with Crippen LogP contribution in [0, 0.1) is 12.7 Å². The molecular weight excluding hydrogens is 527 g/mol. The van der Waals surface area contributed by atoms with Gasteiger partial charge in [0.2, 0.25) is 5.91 Å². The van der Waals surface area contributed by atoms with Gasteiger partial charge in [-0.05, 0) is 55.2 Å². The normalized spacial score (nSPS) is 19.5. The number of piperazine rings is 1. The fourth-order valence-corrected chi connectivity index (χ4v) is 6.84. The molecule has 1 aliphatic carbocycles. The quantitative estimate of drug-likeness (QED) is 0.428. The number of benzene rings is 2. The lowest BCUT2D eigenvalue weighted by atomic mass is 9.97. The van der Waals surface area contributed by atoms with Gasteiger partial charge in [0.15, 0.2) is 0 Å². The van der Waals surface area contributed by atoms with Crippen molar-refractivity contribution in [3.05, 3.63) is 63.8 Å². The third-order valence-electron chi connectivity index (χ3n) is 7.38. The number of carbonyl (C=O) groups is 1. The second kappa shape index (κ2) is 10.0. The van der Waals surface area contributed by atoms with E-state index >= 15 is 0 Å². The number of nitrogens with zero attached hydrogens (tertiary/aromatic N) is 4. The molecule has 0 bridgehead atoms. The highest BCUT2D eigenvalue weighted by Crippen LogP contribution is 2.44. The highest BCUT2D eigenvalue weighted by atomic mass is 35.5. The molecule has 1 aromatic heterocycles. The largest absolute Gasteiger partial charge is 0.372 e. The zero-order valence-electron chi connectivity index (χ0n) is 21.1. The minimum Gasteiger partial charge on any atom is -0.372 e. The maximum Gasteiger partial charge on any atom is 0.350 e. The Morgan fingerprint density at radius 3 is 2.66 bits per heavy atom. The average Bonchev–Trinajstić information content (AvgIpc) is 3.75. The second-order valence-electron chi connectivity index (χ2n) is 10.0. The Labute approximate surface area is 229 Å². The van der Waals surface area contributed by atoms with E-state index in [-0.39, 0.29) is 28.8 Å². The van der Waals surface area contributed by atoms with Crippen molar-refractivity contribution in [3.63, 3.8) is 0 Å². The second-order valence-corrected chi connectivity index (χ2v) is 11.5. The van der Waals surface area contributed by atoms with Crippen LogP contribution >= 0.6 is 23.4 Å². The van der Waals surface area contributed by atoms with Crippen molar-refractivity contribution < 1.29 is 13.9 Å². The zero-order chi connectivity index (χ0) is 26.6. The number of carbonyl (C=O) groups excluding carboxylic acids is 1. The molecule has 2 fully saturated rings. The summed E-state index contributed by atoms with van der Waals surface area (Å²) in [5.41, 5.74) is 3.21. The first-order valence-corrected chi connectivity index (χ1v) is 14.2. The number of ether oxygens (including phenoxy) is 1. The van der Waals surface area contributed by atoms with Gasteiger partial charge in [0.25, 0.3) is 0 Å². The third-order valence-corrected chi connectivity index (χ3v) is 8.89. The molecule has 1 amide bonds. The van der Waals surface area contributed by atoms with Crippen LogP contribution in [-0.4, -0.2) is 64.5 Å². The molecule has 198 valence electrons. The SMILES string of the molecule is C=CC(=O)N1CCN(c2nc(=O)n3c4c(c(-c5ccc(F)c(Cl)c5)c(C)cc24)SCC(OC2CC2)C3)CC1. The van der Waals surface area contributed by atoms with E-state index in [0.29, 0.717) is 44.3 Å². The van der Waals surface area contributed by atoms with Crippen molar-refractivity contribution in [2.24, 2.45) is 0 Å². The van der Waals surface area contributed by atoms with Crippen LogP contribution in [0.1, 0.15) is 18.4 Å². The van der Waals surface area contributed by atoms with Gasteiger partial charge in [-0.1, -0.05) is 24.2 Å². The number of hydrogen-bond donors (Lipinski definition) is 0. The molecule has 10 heteroatoms. The molecule has 1 saturated carbocycles. The van der Waals surface area contributed by atoms with Crippen LogP contribution < -0.4 is 10.6 Å². The van der Waals surface area contributed by atoms with Gasteiger partial charge in [0, 0.05) is 47.8 Å². The Balaban J connectivity index is 1.51. The van der Waals surface area contributed by atoms with Crippen LogP contribution in [0.3, 0.4) is 0 Å². The monoisotopic (exact) mass is 554 g/mol. The Kier molecular flexibility index (Phi) is 6.70. The number of anilines is 1. The lowest BCUT2D eigenvalue weighted by Gasteiger charge is -2.35. The molecule has 38 heavy (non-hydrogen) atoms. The van der Waals surface area contributed by atoms with Gasteiger partial charge in [-0.3, -0.25) is 9.36 Å². The topological polar surface area (TPSA) is 67.7 Å². The van der Waals surface area contributed by atoms with Gasteiger partial charge in [-0.25, -0.2) is 9.18 Å². The number of hydrogen-bond acceptors (Lipinski definition) is 6. The van der Waals surface area contributed by atoms with Crippen LogP contribution in [0.15, 0.2) is 46.6 Å². The van der Waals surface area contributed by atoms with E-state index in [9.17, 15) is 14.0 Å². The molecule has 3 aromatic rings. The number of aryl methyl sites for hydroxylation is 1. The van der Waals surface area contributed by atoms with Gasteiger partial charge in [-0.15, -0.1) is 11.8 Å². The molecule has 7 nitrogen and oxygen atoms in total. The smallest absolute Gasteiger partial charge is 0.350 e. The molecule has 3 heterocycles. The maximum absolute atomic E-state index is 14.0. The summed E-state index contributed by atoms with van der Waals surface area (Å²) >= 11 is 7.85. The first-order valence-electron chi connectivity index (χ1n) is 12.8. The number of thioether (sulfide) groups is 1. The minimum absolute atomic E-state index is 0.0579. The predicted octanol–water partition coefficient (Wildman–Crippen LogP) is 4.65. The van der Waals surface area contributed by atoms with E-state index < -0.39 is 5.82 Å². The molecule has 0 radical (unpaired) electrons. The predicted molar refractivity (Wildman–Crippen MR) is 149 cm³/mol. The van der Waals surface area contributed by atoms with Crippen LogP contribution in [-0.2, 0) is 16.1 Å². The summed E-state index contributed by atoms with van der Waals surface area (Å²) in [6.07, 6.45) is 3.57. The highest BCUT2D eigenvalue weighted by Gasteiger charge is 2.32. The Morgan fingerprint density at radius 1 is 1.21 bits per heavy atom. The summed E-state index contributed by atoms with van der Waals surface area (Å²) in [5, 5.41) is 0.944. The lowest BCUT2D eigenvalue weighted by Crippen LogP contribution is -2.49. The van der Waals surface area contributed by atoms with E-state index in [1.165, 1.54) is 12.1 Å². The standard InChI is InChI=1S/C28H28ClFN4O3S/c1-3-23(35)32-8-10-33(11-9-32)27-20-12-16(2)24(17-4-7-22(30)21(29)13-17)26-25(20)34(28(36)31-27)14-19(15-38-26)37-18-5-6-18/h3-4,7,12-13,18-19H,1,5-6,8-11,14-15H2,2H3. The summed E-state index contributed by atoms with van der Waals surface area (Å²) < 4.78 is 22.0. The Bertz CT molecular complexity index is 1510. The van der Waals surface area contributed by atoms with Crippen molar-refractivity contribution in [1.29, 1.82) is 0 Å². The van der Waals surface area contributed by atoms with Crippen molar-refractivity contribution in [3.8, 4) is 11.1 Å². The third kappa shape index (κ3) is 4.61. The molecule has 2 aromatic carbocycles. The molecule has 1 atom stereocenters. The van der Waals surface area contributed by atoms with Gasteiger partial charge in [0.05, 0.1) is 29.3 Å². The van der Waals surface area contributed by atoms with E-state index in [4.69, 9.17) is 16.3 Å². The number of halogens is 2. The van der Waals surface area contributed by atoms with Gasteiger partial charge >= 0.3 is 5.69 Å². The van der Waals surface area contributed by atoms with E-state index in [1.807, 2.05) is 6.92 Å². The summed E-state index contributed by atoms with van der Waals surface area (Å²) in [5.74, 6) is 0.753. The van der Waals surface area contributed by atoms with Crippen LogP contribution in [0.25, 0.3) is 22.0 Å². The molecular formula is C28H28ClFN4O3S. The van der Waals surface area contributed by atoms with Crippen LogP contribution in [0.2, 0.25) is 5.02 Å². The van der Waals surface area contributed by atoms with Gasteiger partial charge < -0.3 is 14.5 Å². The molecule has 3 aliphatic rings. The average molecular weight is 555 g/mol. The van der Waals surface area contributed by atoms with E-state index in [0.717, 1.165) is 45.3 Å². The molecule has 0 spiro atoms. The van der Waals surface area contributed by atoms with E-state index in [2.05, 4.69) is 22.5 Å². The zero-order valence-corrected chi connectivity index (χ0v) is 22.7. The molecule has 6 rings (SSSR count). The van der Waals surface area contributed by atoms with Crippen molar-refractivity contribution in [2.45, 2.75) is 43.4 Å². The first-order chi connectivity index (χ1) is 18.3. The van der Waals surface area contributed by atoms with E-state index in [1.54, 1.807) is 33.4 Å². The summed E-state index contributed by atoms with van der Waals surface area (Å²) in [6.45, 7) is 8.22. The summed E-state index contributed by atoms with van der Waals surface area (Å²) in [7, 11) is 0. The number of aromatic nitrogens is 2. The van der Waals surface area contributed by atoms with Crippen LogP contribution in [0.5, 0.6) is 0 Å². The van der Waals surface area contributed by atoms with Gasteiger partial charge in [-0.2, -0.15) is 4.98 Å². The lowest BCUT2D eigenvalue weighted by molar-refractivity contribution is -0.126. The molecule has 1 saturated heterocycles. The fraction of sp³-hybridized carbons (Fsp3) is 0.393. The molecule has 1 unspecified atom stereocenters. The fourth-order valence-electron chi connectivity index (χ4n) is 5.34. The maximum atomic E-state index is 14.0. The van der Waals surface area contributed by atoms with Crippen molar-refractivity contribution >= 4 is 46.0 Å². The Hall–Kier alpha value is -2.88. The van der Waals surface area contributed by atoms with Gasteiger partial charge in [0.1, 0.15) is 11.6 Å². The minimum atomic E-state index is -0.470. The number of amides is 1. The first kappa shape index (κ1) is 25.4. The summed E-state index contributed by atoms with van der Waals surface area (Å²) in [4.78, 5) is 35.0. The molecule has 2 aliphatic heterocycles. The summed E-state index contributed by atoms with van der Waals surface area (Å²) in [6, 6.07) is 6.82. The Morgan fingerprint density at radius 2 is 1.97 bits per heavy atom. The number of rotatable bonds is 5. The van der Waals surface area contributed by atoms with Crippen molar-refractivity contribution in [1.82, 2.24) is 14.5 Å². The van der Waals surface area contributed by atoms with Crippen LogP contribution in [0.4, 0.5) is 10.2 Å². The highest BCUT2D eigenvalue weighted by molar-refractivity contribution is 7.99. The molecule has 0 N–H and O–H groups in total. The van der Waals surface area contributed by atoms with Crippen molar-refractivity contribution in [2.75, 3.05) is 36.8 Å².